The summed E-state index contributed by atoms with van der Waals surface area (Å²) in [5, 5.41) is 11.4. The van der Waals surface area contributed by atoms with Gasteiger partial charge in [-0.05, 0) is 66.7 Å². The van der Waals surface area contributed by atoms with E-state index in [1.807, 2.05) is 6.07 Å². The van der Waals surface area contributed by atoms with E-state index < -0.39 is 15.9 Å². The van der Waals surface area contributed by atoms with Gasteiger partial charge in [0.15, 0.2) is 6.61 Å². The Hall–Kier alpha value is -4.03. The van der Waals surface area contributed by atoms with E-state index in [4.69, 9.17) is 14.7 Å². The van der Waals surface area contributed by atoms with Crippen molar-refractivity contribution in [3.05, 3.63) is 78.4 Å². The third-order valence-corrected chi connectivity index (χ3v) is 5.50. The molecule has 0 aliphatic carbocycles. The van der Waals surface area contributed by atoms with Crippen molar-refractivity contribution < 1.29 is 22.7 Å². The van der Waals surface area contributed by atoms with Gasteiger partial charge in [-0.3, -0.25) is 9.52 Å². The van der Waals surface area contributed by atoms with Crippen molar-refractivity contribution in [2.24, 2.45) is 0 Å². The average Bonchev–Trinajstić information content (AvgIpc) is 2.78. The Kier molecular flexibility index (Phi) is 6.74. The molecule has 3 aromatic carbocycles. The smallest absolute Gasteiger partial charge is 0.262 e. The normalized spacial score (nSPS) is 10.6. The van der Waals surface area contributed by atoms with Crippen molar-refractivity contribution in [3.63, 3.8) is 0 Å². The van der Waals surface area contributed by atoms with Crippen molar-refractivity contribution in [1.82, 2.24) is 0 Å². The number of hydrogen-bond acceptors (Lipinski definition) is 6. The number of carbonyl (C=O) groups excluding carboxylic acids is 1. The molecule has 0 saturated carbocycles. The molecule has 0 aliphatic heterocycles. The molecule has 0 spiro atoms. The highest BCUT2D eigenvalue weighted by Gasteiger charge is 2.15. The van der Waals surface area contributed by atoms with Gasteiger partial charge in [0.05, 0.1) is 23.6 Å². The van der Waals surface area contributed by atoms with E-state index in [2.05, 4.69) is 10.0 Å². The number of anilines is 2. The Morgan fingerprint density at radius 2 is 1.65 bits per heavy atom. The van der Waals surface area contributed by atoms with Gasteiger partial charge in [-0.2, -0.15) is 5.26 Å². The van der Waals surface area contributed by atoms with Crippen LogP contribution in [0.5, 0.6) is 11.5 Å². The molecular weight excluding hydrogens is 418 g/mol. The van der Waals surface area contributed by atoms with E-state index >= 15 is 0 Å². The molecule has 158 valence electrons. The average molecular weight is 437 g/mol. The van der Waals surface area contributed by atoms with Gasteiger partial charge in [0.2, 0.25) is 0 Å². The lowest BCUT2D eigenvalue weighted by Gasteiger charge is -2.11. The zero-order valence-electron chi connectivity index (χ0n) is 16.5. The number of sulfonamides is 1. The summed E-state index contributed by atoms with van der Waals surface area (Å²) in [6.45, 7) is -0.271. The number of rotatable bonds is 8. The first kappa shape index (κ1) is 21.7. The molecule has 0 unspecified atom stereocenters. The summed E-state index contributed by atoms with van der Waals surface area (Å²) >= 11 is 0. The van der Waals surface area contributed by atoms with Crippen molar-refractivity contribution in [1.29, 1.82) is 5.26 Å². The van der Waals surface area contributed by atoms with E-state index in [0.717, 1.165) is 0 Å². The van der Waals surface area contributed by atoms with Crippen LogP contribution in [-0.4, -0.2) is 28.0 Å². The first-order valence-corrected chi connectivity index (χ1v) is 10.6. The van der Waals surface area contributed by atoms with Crippen LogP contribution in [0.1, 0.15) is 5.56 Å². The molecular formula is C22H19N3O5S. The second-order valence-electron chi connectivity index (χ2n) is 6.33. The van der Waals surface area contributed by atoms with Crippen LogP contribution < -0.4 is 19.5 Å². The monoisotopic (exact) mass is 437 g/mol. The third kappa shape index (κ3) is 5.98. The van der Waals surface area contributed by atoms with Crippen molar-refractivity contribution in [2.45, 2.75) is 4.90 Å². The fourth-order valence-corrected chi connectivity index (χ4v) is 3.69. The summed E-state index contributed by atoms with van der Waals surface area (Å²) < 4.78 is 38.2. The first-order chi connectivity index (χ1) is 14.9. The number of methoxy groups -OCH3 is 1. The van der Waals surface area contributed by atoms with Crippen LogP contribution in [0.4, 0.5) is 11.4 Å². The molecule has 8 nitrogen and oxygen atoms in total. The number of hydrogen-bond donors (Lipinski definition) is 2. The number of nitrogens with one attached hydrogen (secondary N) is 2. The highest BCUT2D eigenvalue weighted by Crippen LogP contribution is 2.21. The van der Waals surface area contributed by atoms with Gasteiger partial charge < -0.3 is 14.8 Å². The highest BCUT2D eigenvalue weighted by molar-refractivity contribution is 7.92. The van der Waals surface area contributed by atoms with Crippen LogP contribution in [0.2, 0.25) is 0 Å². The fraction of sp³-hybridized carbons (Fsp3) is 0.0909. The topological polar surface area (TPSA) is 118 Å². The SMILES string of the molecule is COc1ccc(NS(=O)(=O)c2cccc(NC(=O)COc3ccc(C#N)cc3)c2)cc1. The molecule has 0 radical (unpaired) electrons. The Labute approximate surface area is 180 Å². The predicted molar refractivity (Wildman–Crippen MR) is 116 cm³/mol. The maximum absolute atomic E-state index is 12.7. The van der Waals surface area contributed by atoms with E-state index in [1.54, 1.807) is 54.6 Å². The molecule has 0 aromatic heterocycles. The summed E-state index contributed by atoms with van der Waals surface area (Å²) in [7, 11) is -2.33. The number of nitriles is 1. The molecule has 0 fully saturated rings. The molecule has 0 heterocycles. The molecule has 0 aliphatic rings. The molecule has 3 rings (SSSR count). The first-order valence-electron chi connectivity index (χ1n) is 9.09. The minimum atomic E-state index is -3.85. The largest absolute Gasteiger partial charge is 0.497 e. The second kappa shape index (κ2) is 9.65. The maximum Gasteiger partial charge on any atom is 0.262 e. The van der Waals surface area contributed by atoms with Gasteiger partial charge in [-0.15, -0.1) is 0 Å². The van der Waals surface area contributed by atoms with Crippen LogP contribution in [0.3, 0.4) is 0 Å². The van der Waals surface area contributed by atoms with Gasteiger partial charge >= 0.3 is 0 Å². The number of carbonyl (C=O) groups is 1. The lowest BCUT2D eigenvalue weighted by Crippen LogP contribution is -2.20. The molecule has 0 saturated heterocycles. The second-order valence-corrected chi connectivity index (χ2v) is 8.02. The van der Waals surface area contributed by atoms with Crippen molar-refractivity contribution in [3.8, 4) is 17.6 Å². The maximum atomic E-state index is 12.7. The van der Waals surface area contributed by atoms with Crippen LogP contribution >= 0.6 is 0 Å². The summed E-state index contributed by atoms with van der Waals surface area (Å²) in [6, 6.07) is 20.7. The minimum Gasteiger partial charge on any atom is -0.497 e. The Morgan fingerprint density at radius 1 is 0.968 bits per heavy atom. The molecule has 2 N–H and O–H groups in total. The van der Waals surface area contributed by atoms with E-state index in [0.29, 0.717) is 28.4 Å². The quantitative estimate of drug-likeness (QED) is 0.558. The van der Waals surface area contributed by atoms with Gasteiger partial charge in [-0.25, -0.2) is 8.42 Å². The summed E-state index contributed by atoms with van der Waals surface area (Å²) in [4.78, 5) is 12.2. The summed E-state index contributed by atoms with van der Waals surface area (Å²) in [5.74, 6) is 0.590. The molecule has 31 heavy (non-hydrogen) atoms. The van der Waals surface area contributed by atoms with Crippen molar-refractivity contribution in [2.75, 3.05) is 23.8 Å². The van der Waals surface area contributed by atoms with Gasteiger partial charge in [0.1, 0.15) is 11.5 Å². The fourth-order valence-electron chi connectivity index (χ4n) is 2.59. The van der Waals surface area contributed by atoms with Crippen molar-refractivity contribution >= 4 is 27.3 Å². The number of amides is 1. The lowest BCUT2D eigenvalue weighted by molar-refractivity contribution is -0.118. The Balaban J connectivity index is 1.62. The van der Waals surface area contributed by atoms with Crippen LogP contribution in [-0.2, 0) is 14.8 Å². The van der Waals surface area contributed by atoms with Crippen LogP contribution in [0.25, 0.3) is 0 Å². The van der Waals surface area contributed by atoms with Crippen LogP contribution in [0, 0.1) is 11.3 Å². The van der Waals surface area contributed by atoms with Gasteiger partial charge in [0.25, 0.3) is 15.9 Å². The number of ether oxygens (including phenoxy) is 2. The zero-order valence-corrected chi connectivity index (χ0v) is 17.3. The van der Waals surface area contributed by atoms with E-state index in [1.165, 1.54) is 25.3 Å². The van der Waals surface area contributed by atoms with E-state index in [9.17, 15) is 13.2 Å². The highest BCUT2D eigenvalue weighted by atomic mass is 32.2. The van der Waals surface area contributed by atoms with E-state index in [-0.39, 0.29) is 11.5 Å². The molecule has 0 bridgehead atoms. The lowest BCUT2D eigenvalue weighted by atomic mass is 10.2. The van der Waals surface area contributed by atoms with Gasteiger partial charge in [-0.1, -0.05) is 6.07 Å². The molecule has 0 atom stereocenters. The van der Waals surface area contributed by atoms with Gasteiger partial charge in [0, 0.05) is 11.4 Å². The summed E-state index contributed by atoms with van der Waals surface area (Å²) in [5.41, 5.74) is 1.18. The standard InChI is InChI=1S/C22H19N3O5S/c1-29-19-11-7-17(8-12-19)25-31(27,28)21-4-2-3-18(13-21)24-22(26)15-30-20-9-5-16(14-23)6-10-20/h2-13,25H,15H2,1H3,(H,24,26). The van der Waals surface area contributed by atoms with Crippen LogP contribution in [0.15, 0.2) is 77.7 Å². The minimum absolute atomic E-state index is 0.00544. The number of nitrogens with zero attached hydrogens (tertiary/aromatic N) is 1. The molecule has 1 amide bonds. The molecule has 3 aromatic rings. The predicted octanol–water partition coefficient (Wildman–Crippen LogP) is 3.39. The zero-order chi connectivity index (χ0) is 22.3. The molecule has 9 heteroatoms. The summed E-state index contributed by atoms with van der Waals surface area (Å²) in [6.07, 6.45) is 0. The third-order valence-electron chi connectivity index (χ3n) is 4.12. The Bertz CT molecular complexity index is 1200. The number of benzene rings is 3. The Morgan fingerprint density at radius 3 is 2.29 bits per heavy atom.